The minimum atomic E-state index is 0.637. The van der Waals surface area contributed by atoms with Gasteiger partial charge in [0, 0.05) is 55.9 Å². The fourth-order valence-corrected chi connectivity index (χ4v) is 2.68. The molecular formula is C18H21N5O. The summed E-state index contributed by atoms with van der Waals surface area (Å²) in [7, 11) is 5.64. The molecule has 0 saturated heterocycles. The van der Waals surface area contributed by atoms with Crippen molar-refractivity contribution in [1.29, 1.82) is 0 Å². The minimum absolute atomic E-state index is 0.637. The largest absolute Gasteiger partial charge is 0.481 e. The molecule has 0 saturated carbocycles. The van der Waals surface area contributed by atoms with Gasteiger partial charge in [-0.15, -0.1) is 0 Å². The number of methoxy groups -OCH3 is 1. The smallest absolute Gasteiger partial charge is 0.213 e. The molecule has 0 aliphatic heterocycles. The van der Waals surface area contributed by atoms with E-state index in [-0.39, 0.29) is 0 Å². The normalized spacial score (nSPS) is 11.0. The van der Waals surface area contributed by atoms with Gasteiger partial charge >= 0.3 is 0 Å². The molecule has 3 rings (SSSR count). The summed E-state index contributed by atoms with van der Waals surface area (Å²) in [4.78, 5) is 10.9. The van der Waals surface area contributed by atoms with Crippen LogP contribution in [-0.4, -0.2) is 38.8 Å². The molecule has 0 spiro atoms. The van der Waals surface area contributed by atoms with Gasteiger partial charge < -0.3 is 4.74 Å². The van der Waals surface area contributed by atoms with Gasteiger partial charge in [-0.05, 0) is 25.2 Å². The van der Waals surface area contributed by atoms with E-state index < -0.39 is 0 Å². The number of rotatable bonds is 6. The molecule has 0 atom stereocenters. The Kier molecular flexibility index (Phi) is 4.86. The van der Waals surface area contributed by atoms with Crippen LogP contribution in [0.25, 0.3) is 11.3 Å². The van der Waals surface area contributed by atoms with E-state index in [0.717, 1.165) is 35.6 Å². The summed E-state index contributed by atoms with van der Waals surface area (Å²) >= 11 is 0. The van der Waals surface area contributed by atoms with Crippen molar-refractivity contribution in [2.75, 3.05) is 14.2 Å². The third-order valence-electron chi connectivity index (χ3n) is 3.70. The molecule has 6 heteroatoms. The lowest BCUT2D eigenvalue weighted by atomic mass is 10.1. The van der Waals surface area contributed by atoms with Gasteiger partial charge in [-0.3, -0.25) is 14.6 Å². The van der Waals surface area contributed by atoms with Gasteiger partial charge in [-0.25, -0.2) is 4.98 Å². The first kappa shape index (κ1) is 16.1. The van der Waals surface area contributed by atoms with Crippen molar-refractivity contribution in [3.05, 3.63) is 60.2 Å². The van der Waals surface area contributed by atoms with Crippen molar-refractivity contribution in [2.24, 2.45) is 7.05 Å². The number of aryl methyl sites for hydroxylation is 1. The van der Waals surface area contributed by atoms with Crippen LogP contribution >= 0.6 is 0 Å². The zero-order valence-electron chi connectivity index (χ0n) is 14.2. The lowest BCUT2D eigenvalue weighted by Gasteiger charge is -2.16. The highest BCUT2D eigenvalue weighted by Crippen LogP contribution is 2.22. The molecule has 3 heterocycles. The van der Waals surface area contributed by atoms with Gasteiger partial charge in [0.2, 0.25) is 5.88 Å². The lowest BCUT2D eigenvalue weighted by Crippen LogP contribution is -2.18. The van der Waals surface area contributed by atoms with E-state index in [2.05, 4.69) is 33.2 Å². The first-order valence-electron chi connectivity index (χ1n) is 7.77. The van der Waals surface area contributed by atoms with E-state index in [4.69, 9.17) is 4.74 Å². The Morgan fingerprint density at radius 3 is 2.79 bits per heavy atom. The molecule has 3 aromatic heterocycles. The highest BCUT2D eigenvalue weighted by atomic mass is 16.5. The molecule has 0 aliphatic carbocycles. The van der Waals surface area contributed by atoms with Crippen LogP contribution in [0.2, 0.25) is 0 Å². The summed E-state index contributed by atoms with van der Waals surface area (Å²) in [6.07, 6.45) is 5.67. The average molecular weight is 323 g/mol. The molecule has 0 N–H and O–H groups in total. The third-order valence-corrected chi connectivity index (χ3v) is 3.70. The van der Waals surface area contributed by atoms with Gasteiger partial charge in [0.1, 0.15) is 0 Å². The minimum Gasteiger partial charge on any atom is -0.481 e. The zero-order valence-corrected chi connectivity index (χ0v) is 14.2. The predicted octanol–water partition coefficient (Wildman–Crippen LogP) is 2.52. The Morgan fingerprint density at radius 2 is 2.04 bits per heavy atom. The van der Waals surface area contributed by atoms with Gasteiger partial charge in [-0.2, -0.15) is 5.10 Å². The second-order valence-corrected chi connectivity index (χ2v) is 5.76. The Morgan fingerprint density at radius 1 is 1.17 bits per heavy atom. The maximum Gasteiger partial charge on any atom is 0.213 e. The van der Waals surface area contributed by atoms with Gasteiger partial charge in [0.25, 0.3) is 0 Å². The first-order chi connectivity index (χ1) is 11.7. The maximum atomic E-state index is 5.19. The summed E-state index contributed by atoms with van der Waals surface area (Å²) in [6.45, 7) is 1.51. The molecule has 24 heavy (non-hydrogen) atoms. The SMILES string of the molecule is COc1cccc(CN(C)Cc2cn(C)nc2-c2cccnc2)n1. The summed E-state index contributed by atoms with van der Waals surface area (Å²) in [5.41, 5.74) is 4.14. The van der Waals surface area contributed by atoms with Crippen LogP contribution in [0.5, 0.6) is 5.88 Å². The van der Waals surface area contributed by atoms with Gasteiger partial charge in [0.15, 0.2) is 0 Å². The van der Waals surface area contributed by atoms with Crippen molar-refractivity contribution in [3.8, 4) is 17.1 Å². The quantitative estimate of drug-likeness (QED) is 0.698. The number of pyridine rings is 2. The summed E-state index contributed by atoms with van der Waals surface area (Å²) in [6, 6.07) is 9.77. The molecule has 0 amide bonds. The zero-order chi connectivity index (χ0) is 16.9. The summed E-state index contributed by atoms with van der Waals surface area (Å²) in [5, 5.41) is 4.58. The molecular weight excluding hydrogens is 302 g/mol. The van der Waals surface area contributed by atoms with E-state index in [0.29, 0.717) is 5.88 Å². The second-order valence-electron chi connectivity index (χ2n) is 5.76. The number of hydrogen-bond donors (Lipinski definition) is 0. The van der Waals surface area contributed by atoms with E-state index in [9.17, 15) is 0 Å². The molecule has 0 radical (unpaired) electrons. The molecule has 0 fully saturated rings. The lowest BCUT2D eigenvalue weighted by molar-refractivity contribution is 0.312. The van der Waals surface area contributed by atoms with Crippen LogP contribution in [0.4, 0.5) is 0 Å². The number of nitrogens with zero attached hydrogens (tertiary/aromatic N) is 5. The van der Waals surface area contributed by atoms with E-state index in [1.54, 1.807) is 13.3 Å². The van der Waals surface area contributed by atoms with Crippen LogP contribution in [-0.2, 0) is 20.1 Å². The van der Waals surface area contributed by atoms with E-state index in [1.165, 1.54) is 0 Å². The second kappa shape index (κ2) is 7.23. The maximum absolute atomic E-state index is 5.19. The number of ether oxygens (including phenoxy) is 1. The first-order valence-corrected chi connectivity index (χ1v) is 7.77. The van der Waals surface area contributed by atoms with E-state index in [1.807, 2.05) is 48.3 Å². The van der Waals surface area contributed by atoms with Crippen LogP contribution < -0.4 is 4.74 Å². The standard InChI is InChI=1S/C18H21N5O/c1-22(13-16-7-4-8-17(20-16)24-3)11-15-12-23(2)21-18(15)14-6-5-9-19-10-14/h4-10,12H,11,13H2,1-3H3. The summed E-state index contributed by atoms with van der Waals surface area (Å²) < 4.78 is 7.03. The van der Waals surface area contributed by atoms with Crippen molar-refractivity contribution in [3.63, 3.8) is 0 Å². The third kappa shape index (κ3) is 3.78. The Bertz CT molecular complexity index is 800. The fourth-order valence-electron chi connectivity index (χ4n) is 2.68. The topological polar surface area (TPSA) is 56.1 Å². The van der Waals surface area contributed by atoms with E-state index >= 15 is 0 Å². The van der Waals surface area contributed by atoms with Crippen molar-refractivity contribution < 1.29 is 4.74 Å². The molecule has 6 nitrogen and oxygen atoms in total. The molecule has 0 bridgehead atoms. The highest BCUT2D eigenvalue weighted by Gasteiger charge is 2.13. The van der Waals surface area contributed by atoms with Crippen molar-refractivity contribution in [1.82, 2.24) is 24.6 Å². The molecule has 0 aliphatic rings. The fraction of sp³-hybridized carbons (Fsp3) is 0.278. The van der Waals surface area contributed by atoms with Crippen LogP contribution in [0.15, 0.2) is 48.9 Å². The average Bonchev–Trinajstić information content (AvgIpc) is 2.96. The Balaban J connectivity index is 1.76. The highest BCUT2D eigenvalue weighted by molar-refractivity contribution is 5.61. The van der Waals surface area contributed by atoms with Crippen molar-refractivity contribution >= 4 is 0 Å². The van der Waals surface area contributed by atoms with Crippen LogP contribution in [0, 0.1) is 0 Å². The van der Waals surface area contributed by atoms with Crippen LogP contribution in [0.3, 0.4) is 0 Å². The molecule has 0 aromatic carbocycles. The van der Waals surface area contributed by atoms with Crippen LogP contribution in [0.1, 0.15) is 11.3 Å². The summed E-state index contributed by atoms with van der Waals surface area (Å²) in [5.74, 6) is 0.637. The number of aromatic nitrogens is 4. The molecule has 124 valence electrons. The monoisotopic (exact) mass is 323 g/mol. The Hall–Kier alpha value is -2.73. The van der Waals surface area contributed by atoms with Gasteiger partial charge in [0.05, 0.1) is 18.5 Å². The van der Waals surface area contributed by atoms with Gasteiger partial charge in [-0.1, -0.05) is 6.07 Å². The predicted molar refractivity (Wildman–Crippen MR) is 92.4 cm³/mol. The Labute approximate surface area is 141 Å². The molecule has 3 aromatic rings. The molecule has 0 unspecified atom stereocenters. The van der Waals surface area contributed by atoms with Crippen molar-refractivity contribution in [2.45, 2.75) is 13.1 Å². The number of hydrogen-bond acceptors (Lipinski definition) is 5.